The Hall–Kier alpha value is -14.3. The smallest absolute Gasteiger partial charge is 0.322 e. The van der Waals surface area contributed by atoms with Crippen molar-refractivity contribution in [3.63, 3.8) is 0 Å². The van der Waals surface area contributed by atoms with E-state index >= 15 is 33.6 Å². The Bertz CT molecular complexity index is 5310. The van der Waals surface area contributed by atoms with E-state index in [0.717, 1.165) is 42.2 Å². The van der Waals surface area contributed by atoms with E-state index in [1.54, 1.807) is 92.8 Å². The van der Waals surface area contributed by atoms with E-state index in [0.29, 0.717) is 38.7 Å². The molecule has 0 unspecified atom stereocenters. The Kier molecular flexibility index (Phi) is 50.4. The maximum atomic E-state index is 15.5. The fourth-order valence-corrected chi connectivity index (χ4v) is 18.0. The summed E-state index contributed by atoms with van der Waals surface area (Å²) in [6.07, 6.45) is -8.38. The van der Waals surface area contributed by atoms with Gasteiger partial charge in [-0.2, -0.15) is 35.3 Å². The molecular weight excluding hydrogens is 1970 g/mol. The van der Waals surface area contributed by atoms with E-state index in [1.165, 1.54) is 6.92 Å². The normalized spacial score (nSPS) is 23.6. The highest BCUT2D eigenvalue weighted by Crippen LogP contribution is 2.27. The minimum absolute atomic E-state index is 0.0980. The number of aromatic nitrogens is 1. The molecule has 55 heteroatoms. The molecule has 3 heterocycles. The minimum atomic E-state index is -2.21. The number of benzene rings is 3. The second-order valence-electron chi connectivity index (χ2n) is 35.3. The molecule has 4 aromatic rings. The number of unbranched alkanes of at least 4 members (excludes halogenated alkanes) is 1. The first kappa shape index (κ1) is 120. The van der Waals surface area contributed by atoms with Gasteiger partial charge in [0, 0.05) is 90.3 Å². The molecule has 4 bridgehead atoms. The zero-order valence-corrected chi connectivity index (χ0v) is 83.3. The first-order valence-corrected chi connectivity index (χ1v) is 50.3. The number of thioether (sulfide) groups is 3. The summed E-state index contributed by atoms with van der Waals surface area (Å²) in [6.45, 7) is 3.20. The van der Waals surface area contributed by atoms with Crippen LogP contribution in [0.5, 0.6) is 0 Å². The fraction of sp³-hybridized carbons (Fsp3) is 0.527. The molecule has 20 amide bonds. The number of carbonyl (C=O) groups is 22. The Morgan fingerprint density at radius 2 is 0.877 bits per heavy atom. The fourth-order valence-electron chi connectivity index (χ4n) is 15.0. The SMILES string of the molecule is CC(C)C[C@@H]1NC(=O)[C@H](CO)NC(=O)[C@H](Cc2ccccc2)NC(=O)[C@H](CCCCN)NC(=O)[C@H](Cc2c[nH]c3ccccc23)NC(=O)[C@H](CC(N)=O)NC(=O)[C@@H](NC(=O)[C@H](C)N)CSCc2cc3cc(c2)CSC[C@H](NC1=O)C(=O)N[C@@H](CCC(=O)O)C(=O)N[C@@H]([C@@H](C)O)C(=O)N[C@@H](CCC(N)=O)C(=O)N[C@@H](CCCNC(=N)N)C(=O)N[C@@H](CC(N)=O)C(=O)N[C@@H](CCC(N)=O)C(=O)N[C@H](C(=O)NCC(=O)O)CSC3. The first-order valence-electron chi connectivity index (χ1n) is 46.8. The Morgan fingerprint density at radius 1 is 0.445 bits per heavy atom. The van der Waals surface area contributed by atoms with Gasteiger partial charge in [-0.25, -0.2) is 0 Å². The van der Waals surface area contributed by atoms with Crippen LogP contribution in [0.3, 0.4) is 0 Å². The van der Waals surface area contributed by atoms with E-state index in [-0.39, 0.29) is 75.3 Å². The molecule has 2 aliphatic rings. The number of para-hydroxylation sites is 1. The number of fused-ring (bicyclic) bond motifs is 6. The monoisotopic (exact) mass is 2100 g/mol. The zero-order chi connectivity index (χ0) is 108. The molecule has 0 fully saturated rings. The number of aliphatic hydroxyl groups excluding tert-OH is 2. The lowest BCUT2D eigenvalue weighted by molar-refractivity contribution is -0.139. The predicted octanol–water partition coefficient (Wildman–Crippen LogP) is -8.84. The number of aliphatic hydroxyl groups is 2. The summed E-state index contributed by atoms with van der Waals surface area (Å²) in [5.41, 5.74) is 42.5. The van der Waals surface area contributed by atoms with Gasteiger partial charge in [0.1, 0.15) is 97.2 Å². The van der Waals surface area contributed by atoms with Gasteiger partial charge in [-0.1, -0.05) is 80.6 Å². The number of hydrogen-bond donors (Lipinski definition) is 30. The van der Waals surface area contributed by atoms with Crippen LogP contribution in [0.15, 0.2) is 79.0 Å². The second-order valence-corrected chi connectivity index (χ2v) is 38.4. The number of guanidine groups is 1. The van der Waals surface area contributed by atoms with Crippen LogP contribution in [0.4, 0.5) is 0 Å². The number of rotatable bonds is 34. The zero-order valence-electron chi connectivity index (χ0n) is 80.8. The van der Waals surface area contributed by atoms with E-state index in [4.69, 9.17) is 45.5 Å². The summed E-state index contributed by atoms with van der Waals surface area (Å²) in [7, 11) is 0. The third-order valence-corrected chi connectivity index (χ3v) is 25.9. The third-order valence-electron chi connectivity index (χ3n) is 22.5. The van der Waals surface area contributed by atoms with Crippen molar-refractivity contribution < 1.29 is 126 Å². The highest BCUT2D eigenvalue weighted by molar-refractivity contribution is 7.99. The molecule has 0 aliphatic carbocycles. The van der Waals surface area contributed by atoms with Gasteiger partial charge in [-0.05, 0) is 118 Å². The van der Waals surface area contributed by atoms with E-state index < -0.39 is 333 Å². The topological polar surface area (TPSA) is 883 Å². The number of carboxylic acid groups (broad SMARTS) is 2. The molecule has 17 atom stereocenters. The van der Waals surface area contributed by atoms with Gasteiger partial charge in [0.15, 0.2) is 5.96 Å². The highest BCUT2D eigenvalue weighted by Gasteiger charge is 2.42. The lowest BCUT2D eigenvalue weighted by Crippen LogP contribution is -2.62. The van der Waals surface area contributed by atoms with Gasteiger partial charge in [0.2, 0.25) is 118 Å². The molecule has 800 valence electrons. The molecule has 6 rings (SSSR count). The molecule has 1 aromatic heterocycles. The maximum Gasteiger partial charge on any atom is 0.322 e. The summed E-state index contributed by atoms with van der Waals surface area (Å²) >= 11 is 2.77. The van der Waals surface area contributed by atoms with Crippen molar-refractivity contribution in [3.8, 4) is 0 Å². The number of nitrogens with one attached hydrogen (secondary N) is 19. The number of nitrogens with two attached hydrogens (primary N) is 7. The van der Waals surface area contributed by atoms with Gasteiger partial charge in [0.25, 0.3) is 0 Å². The van der Waals surface area contributed by atoms with Crippen molar-refractivity contribution in [2.75, 3.05) is 43.5 Å². The van der Waals surface area contributed by atoms with Crippen LogP contribution in [0.2, 0.25) is 0 Å². The molecule has 146 heavy (non-hydrogen) atoms. The maximum absolute atomic E-state index is 15.5. The van der Waals surface area contributed by atoms with E-state index in [2.05, 4.69) is 95.4 Å². The molecule has 0 saturated carbocycles. The van der Waals surface area contributed by atoms with Crippen LogP contribution < -0.4 is 131 Å². The van der Waals surface area contributed by atoms with E-state index in [1.807, 2.05) is 0 Å². The van der Waals surface area contributed by atoms with Crippen LogP contribution >= 0.6 is 35.3 Å². The number of amides is 20. The molecule has 3 aromatic carbocycles. The number of hydrogen-bond acceptors (Lipinski definition) is 30. The molecular formula is C91H132N26O26S3. The van der Waals surface area contributed by atoms with Crippen LogP contribution in [0.1, 0.15) is 145 Å². The first-order chi connectivity index (χ1) is 69.1. The molecule has 37 N–H and O–H groups in total. The standard InChI is InChI=1S/C91H132N26O26S3/c1-44(2)27-59-82(135)116-67-43-146-40-50-29-48(38-144-41-65(76(129)102-36-73(126)127)115-80(133)56(19-22-68(94)120)105-85(138)62(33-70(96)122)111-78(131)55(18-12-26-100-91(98)99)103-79(132)57(20-23-69(95)121)107-90(143)74(46(4)119)117-81(134)58(106-88(67)141)21-24-72(124)125)28-49(30-50)39-145-42-66(114-75(128)45(3)93)89(142)112-63(34-71(97)123)86(139)110-61(32-51-35-101-53-16-9-8-15-52(51)53)84(137)104-54(17-10-11-25-92)77(130)109-60(31-47-13-6-5-7-14-47)83(136)113-64(37-118)87(140)108-59/h5-9,13-16,28-30,35,44-46,54-67,74,101,118-119H,10-12,17-27,31-34,36-43,92-93H2,1-4H3,(H2,94,120)(H2,95,121)(H2,96,122)(H2,97,123)(H,102,129)(H,103,132)(H,104,137)(H,105,138)(H,106,141)(H,107,143)(H,108,140)(H,109,130)(H,110,139)(H,111,131)(H,112,142)(H,113,136)(H,114,128)(H,115,133)(H,116,135)(H,117,134)(H,124,125)(H,126,127)(H4,98,99,100)/t45-,46+,54-,55-,56-,57-,58-,59-,60-,61-,62-,63-,64-,65-,66-,67-,74-/m0/s1. The average molecular weight is 2100 g/mol. The number of aliphatic carboxylic acids is 2. The van der Waals surface area contributed by atoms with Gasteiger partial charge >= 0.3 is 11.9 Å². The third kappa shape index (κ3) is 42.2. The van der Waals surface area contributed by atoms with Crippen LogP contribution in [-0.4, -0.2) is 308 Å². The quantitative estimate of drug-likeness (QED) is 0.0117. The highest BCUT2D eigenvalue weighted by atomic mass is 32.2. The lowest BCUT2D eigenvalue weighted by Gasteiger charge is -2.29. The van der Waals surface area contributed by atoms with Crippen molar-refractivity contribution in [2.45, 2.75) is 250 Å². The number of carbonyl (C=O) groups excluding carboxylic acids is 20. The largest absolute Gasteiger partial charge is 0.481 e. The molecule has 0 saturated heterocycles. The molecule has 2 aliphatic heterocycles. The molecule has 52 nitrogen and oxygen atoms in total. The summed E-state index contributed by atoms with van der Waals surface area (Å²) < 4.78 is 0. The van der Waals surface area contributed by atoms with Crippen molar-refractivity contribution in [2.24, 2.45) is 46.1 Å². The Balaban J connectivity index is 1.62. The van der Waals surface area contributed by atoms with Crippen LogP contribution in [0.25, 0.3) is 10.9 Å². The Labute approximate surface area is 851 Å². The number of H-pyrrole nitrogens is 1. The van der Waals surface area contributed by atoms with Crippen molar-refractivity contribution >= 4 is 182 Å². The van der Waals surface area contributed by atoms with Gasteiger partial charge in [-0.15, -0.1) is 0 Å². The minimum Gasteiger partial charge on any atom is -0.481 e. The summed E-state index contributed by atoms with van der Waals surface area (Å²) in [4.78, 5) is 316. The summed E-state index contributed by atoms with van der Waals surface area (Å²) in [5.74, 6) is -30.0. The number of primary amides is 4. The van der Waals surface area contributed by atoms with Crippen molar-refractivity contribution in [3.05, 3.63) is 107 Å². The van der Waals surface area contributed by atoms with Crippen molar-refractivity contribution in [1.29, 1.82) is 5.41 Å². The molecule has 0 spiro atoms. The number of carboxylic acids is 2. The van der Waals surface area contributed by atoms with Gasteiger partial charge in [0.05, 0.1) is 31.6 Å². The van der Waals surface area contributed by atoms with Crippen LogP contribution in [0, 0.1) is 11.3 Å². The van der Waals surface area contributed by atoms with Crippen LogP contribution in [-0.2, 0) is 136 Å². The van der Waals surface area contributed by atoms with Crippen molar-refractivity contribution in [1.82, 2.24) is 95.4 Å². The molecule has 0 radical (unpaired) electrons. The second kappa shape index (κ2) is 61.1. The summed E-state index contributed by atoms with van der Waals surface area (Å²) in [6, 6.07) is -9.66. The van der Waals surface area contributed by atoms with Gasteiger partial charge in [-0.3, -0.25) is 111 Å². The average Bonchev–Trinajstić information content (AvgIpc) is 1.68. The predicted molar refractivity (Wildman–Crippen MR) is 532 cm³/mol. The van der Waals surface area contributed by atoms with Gasteiger partial charge < -0.3 is 156 Å². The summed E-state index contributed by atoms with van der Waals surface area (Å²) in [5, 5.41) is 92.1. The lowest BCUT2D eigenvalue weighted by atomic mass is 10.0. The van der Waals surface area contributed by atoms with E-state index in [9.17, 15) is 92.3 Å². The number of aromatic amines is 1. The Morgan fingerprint density at radius 3 is 1.38 bits per heavy atom.